The van der Waals surface area contributed by atoms with E-state index in [9.17, 15) is 0 Å². The maximum atomic E-state index is 4.27. The Labute approximate surface area is 91.3 Å². The zero-order chi connectivity index (χ0) is 10.7. The van der Waals surface area contributed by atoms with Gasteiger partial charge in [-0.1, -0.05) is 6.92 Å². The van der Waals surface area contributed by atoms with Gasteiger partial charge in [0.05, 0.1) is 0 Å². The predicted molar refractivity (Wildman–Crippen MR) is 60.8 cm³/mol. The van der Waals surface area contributed by atoms with E-state index in [1.54, 1.807) is 6.33 Å². The number of nitrogens with one attached hydrogen (secondary N) is 1. The third kappa shape index (κ3) is 2.34. The van der Waals surface area contributed by atoms with Gasteiger partial charge in [0.15, 0.2) is 0 Å². The average Bonchev–Trinajstić information content (AvgIpc) is 2.30. The van der Waals surface area contributed by atoms with Crippen LogP contribution in [0.2, 0.25) is 0 Å². The lowest BCUT2D eigenvalue weighted by Crippen LogP contribution is -2.30. The van der Waals surface area contributed by atoms with Crippen LogP contribution in [0, 0.1) is 12.8 Å². The molecule has 1 saturated heterocycles. The summed E-state index contributed by atoms with van der Waals surface area (Å²) in [7, 11) is 0. The Balaban J connectivity index is 2.12. The number of piperidine rings is 1. The summed E-state index contributed by atoms with van der Waals surface area (Å²) in [5.41, 5.74) is 2.46. The van der Waals surface area contributed by atoms with E-state index in [0.717, 1.165) is 24.7 Å². The van der Waals surface area contributed by atoms with Gasteiger partial charge >= 0.3 is 0 Å². The van der Waals surface area contributed by atoms with E-state index in [1.165, 1.54) is 18.4 Å². The molecule has 1 aliphatic heterocycles. The minimum atomic E-state index is 0.591. The molecule has 2 rings (SSSR count). The summed E-state index contributed by atoms with van der Waals surface area (Å²) >= 11 is 0. The molecule has 1 aliphatic rings. The predicted octanol–water partition coefficient (Wildman–Crippen LogP) is 1.89. The van der Waals surface area contributed by atoms with Crippen molar-refractivity contribution >= 4 is 0 Å². The van der Waals surface area contributed by atoms with Crippen molar-refractivity contribution in [3.63, 3.8) is 0 Å². The maximum absolute atomic E-state index is 4.27. The number of aromatic nitrogens is 2. The highest BCUT2D eigenvalue weighted by atomic mass is 14.9. The molecule has 1 unspecified atom stereocenters. The molecular weight excluding hydrogens is 186 g/mol. The van der Waals surface area contributed by atoms with Gasteiger partial charge in [0.1, 0.15) is 6.33 Å². The maximum Gasteiger partial charge on any atom is 0.115 e. The normalized spacial score (nSPS) is 20.1. The monoisotopic (exact) mass is 205 g/mol. The first-order valence-electron chi connectivity index (χ1n) is 5.76. The van der Waals surface area contributed by atoms with Gasteiger partial charge in [0.25, 0.3) is 0 Å². The molecule has 1 fully saturated rings. The number of aryl methyl sites for hydroxylation is 1. The minimum absolute atomic E-state index is 0.591. The van der Waals surface area contributed by atoms with Crippen LogP contribution in [-0.4, -0.2) is 23.1 Å². The van der Waals surface area contributed by atoms with E-state index < -0.39 is 0 Å². The second-order valence-corrected chi connectivity index (χ2v) is 4.44. The Morgan fingerprint density at radius 3 is 2.80 bits per heavy atom. The summed E-state index contributed by atoms with van der Waals surface area (Å²) in [5.74, 6) is 1.38. The summed E-state index contributed by atoms with van der Waals surface area (Å²) < 4.78 is 0. The van der Waals surface area contributed by atoms with Crippen LogP contribution in [0.5, 0.6) is 0 Å². The zero-order valence-corrected chi connectivity index (χ0v) is 9.53. The van der Waals surface area contributed by atoms with Crippen LogP contribution in [0.3, 0.4) is 0 Å². The van der Waals surface area contributed by atoms with Gasteiger partial charge in [-0.2, -0.15) is 0 Å². The van der Waals surface area contributed by atoms with Crippen LogP contribution in [0.4, 0.5) is 0 Å². The number of nitrogens with zero attached hydrogens (tertiary/aromatic N) is 2. The minimum Gasteiger partial charge on any atom is -0.317 e. The molecule has 1 aromatic rings. The molecule has 2 heterocycles. The summed E-state index contributed by atoms with van der Waals surface area (Å²) in [6.07, 6.45) is 6.16. The molecule has 0 spiro atoms. The molecule has 0 saturated carbocycles. The van der Waals surface area contributed by atoms with Crippen molar-refractivity contribution in [2.45, 2.75) is 32.6 Å². The van der Waals surface area contributed by atoms with E-state index in [0.29, 0.717) is 5.92 Å². The van der Waals surface area contributed by atoms with Gasteiger partial charge in [-0.15, -0.1) is 0 Å². The smallest absolute Gasteiger partial charge is 0.115 e. The van der Waals surface area contributed by atoms with E-state index in [-0.39, 0.29) is 0 Å². The quantitative estimate of drug-likeness (QED) is 0.801. The molecule has 82 valence electrons. The SMILES string of the molecule is Cc1ncncc1C(C)C1CCNCC1. The topological polar surface area (TPSA) is 37.8 Å². The first kappa shape index (κ1) is 10.6. The molecule has 0 bridgehead atoms. The van der Waals surface area contributed by atoms with Crippen LogP contribution >= 0.6 is 0 Å². The fourth-order valence-electron chi connectivity index (χ4n) is 2.45. The van der Waals surface area contributed by atoms with Gasteiger partial charge in [-0.05, 0) is 50.3 Å². The molecule has 0 amide bonds. The third-order valence-corrected chi connectivity index (χ3v) is 3.53. The Kier molecular flexibility index (Phi) is 3.31. The van der Waals surface area contributed by atoms with Gasteiger partial charge in [-0.3, -0.25) is 0 Å². The molecular formula is C12H19N3. The van der Waals surface area contributed by atoms with Crippen molar-refractivity contribution in [1.82, 2.24) is 15.3 Å². The number of hydrogen-bond donors (Lipinski definition) is 1. The second-order valence-electron chi connectivity index (χ2n) is 4.44. The van der Waals surface area contributed by atoms with Crippen molar-refractivity contribution < 1.29 is 0 Å². The molecule has 3 nitrogen and oxygen atoms in total. The molecule has 1 atom stereocenters. The lowest BCUT2D eigenvalue weighted by molar-refractivity contribution is 0.329. The Morgan fingerprint density at radius 2 is 2.13 bits per heavy atom. The molecule has 0 aromatic carbocycles. The van der Waals surface area contributed by atoms with Crippen molar-refractivity contribution in [1.29, 1.82) is 0 Å². The summed E-state index contributed by atoms with van der Waals surface area (Å²) in [6, 6.07) is 0. The summed E-state index contributed by atoms with van der Waals surface area (Å²) in [4.78, 5) is 8.40. The van der Waals surface area contributed by atoms with Crippen LogP contribution < -0.4 is 5.32 Å². The fourth-order valence-corrected chi connectivity index (χ4v) is 2.45. The molecule has 3 heteroatoms. The lowest BCUT2D eigenvalue weighted by Gasteiger charge is -2.28. The van der Waals surface area contributed by atoms with Crippen molar-refractivity contribution in [3.05, 3.63) is 23.8 Å². The average molecular weight is 205 g/mol. The van der Waals surface area contributed by atoms with Crippen molar-refractivity contribution in [2.75, 3.05) is 13.1 Å². The highest BCUT2D eigenvalue weighted by molar-refractivity contribution is 5.19. The van der Waals surface area contributed by atoms with Gasteiger partial charge in [0, 0.05) is 11.9 Å². The van der Waals surface area contributed by atoms with E-state index in [4.69, 9.17) is 0 Å². The van der Waals surface area contributed by atoms with Crippen LogP contribution in [0.15, 0.2) is 12.5 Å². The third-order valence-electron chi connectivity index (χ3n) is 3.53. The first-order chi connectivity index (χ1) is 7.29. The van der Waals surface area contributed by atoms with Crippen molar-refractivity contribution in [3.8, 4) is 0 Å². The summed E-state index contributed by atoms with van der Waals surface area (Å²) in [5, 5.41) is 3.40. The Hall–Kier alpha value is -0.960. The largest absolute Gasteiger partial charge is 0.317 e. The van der Waals surface area contributed by atoms with Crippen molar-refractivity contribution in [2.24, 2.45) is 5.92 Å². The van der Waals surface area contributed by atoms with E-state index in [2.05, 4.69) is 29.1 Å². The Morgan fingerprint density at radius 1 is 1.40 bits per heavy atom. The fraction of sp³-hybridized carbons (Fsp3) is 0.667. The molecule has 0 aliphatic carbocycles. The number of hydrogen-bond acceptors (Lipinski definition) is 3. The second kappa shape index (κ2) is 4.71. The van der Waals surface area contributed by atoms with E-state index >= 15 is 0 Å². The van der Waals surface area contributed by atoms with E-state index in [1.807, 2.05) is 6.20 Å². The lowest BCUT2D eigenvalue weighted by atomic mass is 9.82. The van der Waals surface area contributed by atoms with Crippen LogP contribution in [-0.2, 0) is 0 Å². The van der Waals surface area contributed by atoms with Gasteiger partial charge in [0.2, 0.25) is 0 Å². The Bertz CT molecular complexity index is 318. The highest BCUT2D eigenvalue weighted by Crippen LogP contribution is 2.30. The van der Waals surface area contributed by atoms with Crippen LogP contribution in [0.1, 0.15) is 36.9 Å². The van der Waals surface area contributed by atoms with Gasteiger partial charge < -0.3 is 5.32 Å². The summed E-state index contributed by atoms with van der Waals surface area (Å²) in [6.45, 7) is 6.69. The van der Waals surface area contributed by atoms with Crippen LogP contribution in [0.25, 0.3) is 0 Å². The first-order valence-corrected chi connectivity index (χ1v) is 5.76. The zero-order valence-electron chi connectivity index (χ0n) is 9.53. The highest BCUT2D eigenvalue weighted by Gasteiger charge is 2.22. The van der Waals surface area contributed by atoms with Gasteiger partial charge in [-0.25, -0.2) is 9.97 Å². The molecule has 1 N–H and O–H groups in total. The molecule has 1 aromatic heterocycles. The standard InChI is InChI=1S/C12H19N3/c1-9(11-3-5-13-6-4-11)12-7-14-8-15-10(12)2/h7-9,11,13H,3-6H2,1-2H3. The number of rotatable bonds is 2. The molecule has 15 heavy (non-hydrogen) atoms. The molecule has 0 radical (unpaired) electrons.